The summed E-state index contributed by atoms with van der Waals surface area (Å²) >= 11 is 0. The van der Waals surface area contributed by atoms with E-state index in [0.29, 0.717) is 6.42 Å². The number of carboxylic acids is 1. The fourth-order valence-electron chi connectivity index (χ4n) is 2.43. The Morgan fingerprint density at radius 3 is 2.69 bits per heavy atom. The van der Waals surface area contributed by atoms with Crippen LogP contribution in [0.3, 0.4) is 0 Å². The van der Waals surface area contributed by atoms with Crippen LogP contribution in [0.5, 0.6) is 0 Å². The third-order valence-corrected chi connectivity index (χ3v) is 3.15. The lowest BCUT2D eigenvalue weighted by atomic mass is 9.87. The maximum absolute atomic E-state index is 11.2. The molecule has 0 bridgehead atoms. The number of carboxylic acid groups (broad SMARTS) is 1. The predicted octanol–water partition coefficient (Wildman–Crippen LogP) is 0.902. The van der Waals surface area contributed by atoms with Gasteiger partial charge in [0.1, 0.15) is 5.92 Å². The molecule has 0 saturated heterocycles. The Labute approximate surface area is 93.1 Å². The van der Waals surface area contributed by atoms with Crippen molar-refractivity contribution in [1.29, 1.82) is 0 Å². The molecule has 2 rings (SSSR count). The summed E-state index contributed by atoms with van der Waals surface area (Å²) < 4.78 is 0. The number of hydrogen-bond acceptors (Lipinski definition) is 2. The zero-order chi connectivity index (χ0) is 11.7. The van der Waals surface area contributed by atoms with Gasteiger partial charge in [-0.2, -0.15) is 0 Å². The quantitative estimate of drug-likeness (QED) is 0.741. The molecule has 1 aromatic carbocycles. The predicted molar refractivity (Wildman–Crippen MR) is 57.8 cm³/mol. The SMILES string of the molecule is NC(=O)C(C(=O)O)C1CCc2ccccc21. The second-order valence-corrected chi connectivity index (χ2v) is 4.06. The van der Waals surface area contributed by atoms with E-state index in [2.05, 4.69) is 0 Å². The zero-order valence-corrected chi connectivity index (χ0v) is 8.72. The molecule has 0 heterocycles. The maximum atomic E-state index is 11.2. The molecule has 0 fully saturated rings. The van der Waals surface area contributed by atoms with Gasteiger partial charge in [0.25, 0.3) is 0 Å². The van der Waals surface area contributed by atoms with Crippen molar-refractivity contribution in [1.82, 2.24) is 0 Å². The van der Waals surface area contributed by atoms with Gasteiger partial charge in [-0.1, -0.05) is 24.3 Å². The number of nitrogens with two attached hydrogens (primary N) is 1. The van der Waals surface area contributed by atoms with Crippen LogP contribution in [0.2, 0.25) is 0 Å². The van der Waals surface area contributed by atoms with Crippen molar-refractivity contribution in [2.45, 2.75) is 18.8 Å². The van der Waals surface area contributed by atoms with Gasteiger partial charge >= 0.3 is 5.97 Å². The first-order chi connectivity index (χ1) is 7.61. The van der Waals surface area contributed by atoms with E-state index in [4.69, 9.17) is 10.8 Å². The fraction of sp³-hybridized carbons (Fsp3) is 0.333. The Kier molecular flexibility index (Phi) is 2.64. The van der Waals surface area contributed by atoms with Crippen LogP contribution in [0.4, 0.5) is 0 Å². The number of hydrogen-bond donors (Lipinski definition) is 2. The molecular formula is C12H13NO3. The van der Waals surface area contributed by atoms with Crippen LogP contribution in [0, 0.1) is 5.92 Å². The summed E-state index contributed by atoms with van der Waals surface area (Å²) in [7, 11) is 0. The number of aliphatic carboxylic acids is 1. The number of rotatable bonds is 3. The minimum atomic E-state index is -1.13. The Balaban J connectivity index is 2.36. The molecule has 0 saturated carbocycles. The number of fused-ring (bicyclic) bond motifs is 1. The van der Waals surface area contributed by atoms with Crippen LogP contribution in [-0.4, -0.2) is 17.0 Å². The van der Waals surface area contributed by atoms with Gasteiger partial charge in [-0.05, 0) is 24.0 Å². The molecule has 2 atom stereocenters. The largest absolute Gasteiger partial charge is 0.481 e. The molecule has 1 amide bonds. The highest BCUT2D eigenvalue weighted by Crippen LogP contribution is 2.38. The van der Waals surface area contributed by atoms with Crippen LogP contribution in [0.25, 0.3) is 0 Å². The monoisotopic (exact) mass is 219 g/mol. The Morgan fingerprint density at radius 1 is 1.38 bits per heavy atom. The smallest absolute Gasteiger partial charge is 0.316 e. The summed E-state index contributed by atoms with van der Waals surface area (Å²) in [5, 5.41) is 9.03. The van der Waals surface area contributed by atoms with E-state index in [1.807, 2.05) is 24.3 Å². The van der Waals surface area contributed by atoms with Crippen molar-refractivity contribution in [3.8, 4) is 0 Å². The van der Waals surface area contributed by atoms with Gasteiger partial charge in [-0.3, -0.25) is 9.59 Å². The molecule has 84 valence electrons. The first-order valence-corrected chi connectivity index (χ1v) is 5.21. The summed E-state index contributed by atoms with van der Waals surface area (Å²) in [5.74, 6) is -3.27. The average molecular weight is 219 g/mol. The summed E-state index contributed by atoms with van der Waals surface area (Å²) in [6, 6.07) is 7.62. The highest BCUT2D eigenvalue weighted by atomic mass is 16.4. The summed E-state index contributed by atoms with van der Waals surface area (Å²) in [6.07, 6.45) is 1.50. The van der Waals surface area contributed by atoms with E-state index in [-0.39, 0.29) is 5.92 Å². The van der Waals surface area contributed by atoms with Gasteiger partial charge in [0.15, 0.2) is 0 Å². The fourth-order valence-corrected chi connectivity index (χ4v) is 2.43. The minimum Gasteiger partial charge on any atom is -0.481 e. The lowest BCUT2D eigenvalue weighted by Gasteiger charge is -2.17. The highest BCUT2D eigenvalue weighted by Gasteiger charge is 2.37. The van der Waals surface area contributed by atoms with Crippen molar-refractivity contribution in [2.75, 3.05) is 0 Å². The van der Waals surface area contributed by atoms with Gasteiger partial charge < -0.3 is 10.8 Å². The Hall–Kier alpha value is -1.84. The average Bonchev–Trinajstić information content (AvgIpc) is 2.61. The molecule has 2 unspecified atom stereocenters. The molecular weight excluding hydrogens is 206 g/mol. The van der Waals surface area contributed by atoms with Crippen molar-refractivity contribution in [2.24, 2.45) is 11.7 Å². The summed E-state index contributed by atoms with van der Waals surface area (Å²) in [6.45, 7) is 0. The number of benzene rings is 1. The van der Waals surface area contributed by atoms with Crippen molar-refractivity contribution in [3.05, 3.63) is 35.4 Å². The second-order valence-electron chi connectivity index (χ2n) is 4.06. The second kappa shape index (κ2) is 3.96. The maximum Gasteiger partial charge on any atom is 0.316 e. The van der Waals surface area contributed by atoms with Gasteiger partial charge in [-0.15, -0.1) is 0 Å². The number of carbonyl (C=O) groups is 2. The van der Waals surface area contributed by atoms with E-state index in [1.165, 1.54) is 0 Å². The van der Waals surface area contributed by atoms with E-state index in [1.54, 1.807) is 0 Å². The highest BCUT2D eigenvalue weighted by molar-refractivity contribution is 5.97. The van der Waals surface area contributed by atoms with Crippen molar-refractivity contribution >= 4 is 11.9 Å². The molecule has 0 aliphatic heterocycles. The number of primary amides is 1. The van der Waals surface area contributed by atoms with Crippen LogP contribution >= 0.6 is 0 Å². The van der Waals surface area contributed by atoms with E-state index >= 15 is 0 Å². The number of aryl methyl sites for hydroxylation is 1. The molecule has 0 radical (unpaired) electrons. The van der Waals surface area contributed by atoms with Crippen molar-refractivity contribution < 1.29 is 14.7 Å². The standard InChI is InChI=1S/C12H13NO3/c13-11(14)10(12(15)16)9-6-5-7-3-1-2-4-8(7)9/h1-4,9-10H,5-6H2,(H2,13,14)(H,15,16). The molecule has 4 nitrogen and oxygen atoms in total. The van der Waals surface area contributed by atoms with E-state index in [9.17, 15) is 9.59 Å². The Bertz CT molecular complexity index is 428. The molecule has 1 aliphatic rings. The first kappa shape index (κ1) is 10.7. The van der Waals surface area contributed by atoms with Crippen LogP contribution < -0.4 is 5.73 Å². The molecule has 0 spiro atoms. The lowest BCUT2D eigenvalue weighted by Crippen LogP contribution is -2.34. The van der Waals surface area contributed by atoms with Gasteiger partial charge in [0.2, 0.25) is 5.91 Å². The lowest BCUT2D eigenvalue weighted by molar-refractivity contribution is -0.147. The normalized spacial score (nSPS) is 20.1. The molecule has 3 N–H and O–H groups in total. The minimum absolute atomic E-state index is 0.272. The molecule has 1 aliphatic carbocycles. The van der Waals surface area contributed by atoms with E-state index in [0.717, 1.165) is 17.5 Å². The Morgan fingerprint density at radius 2 is 2.06 bits per heavy atom. The van der Waals surface area contributed by atoms with Gasteiger partial charge in [0.05, 0.1) is 0 Å². The molecule has 16 heavy (non-hydrogen) atoms. The summed E-state index contributed by atoms with van der Waals surface area (Å²) in [5.41, 5.74) is 7.23. The molecule has 0 aromatic heterocycles. The van der Waals surface area contributed by atoms with Gasteiger partial charge in [0, 0.05) is 5.92 Å². The summed E-state index contributed by atoms with van der Waals surface area (Å²) in [4.78, 5) is 22.2. The topological polar surface area (TPSA) is 80.4 Å². The zero-order valence-electron chi connectivity index (χ0n) is 8.72. The van der Waals surface area contributed by atoms with Gasteiger partial charge in [-0.25, -0.2) is 0 Å². The van der Waals surface area contributed by atoms with Crippen LogP contribution in [0.15, 0.2) is 24.3 Å². The molecule has 1 aromatic rings. The third kappa shape index (κ3) is 1.66. The third-order valence-electron chi connectivity index (χ3n) is 3.15. The van der Waals surface area contributed by atoms with Crippen LogP contribution in [-0.2, 0) is 16.0 Å². The number of carbonyl (C=O) groups excluding carboxylic acids is 1. The van der Waals surface area contributed by atoms with E-state index < -0.39 is 17.8 Å². The number of amides is 1. The molecule has 4 heteroatoms. The first-order valence-electron chi connectivity index (χ1n) is 5.21. The van der Waals surface area contributed by atoms with Crippen molar-refractivity contribution in [3.63, 3.8) is 0 Å². The van der Waals surface area contributed by atoms with Crippen LogP contribution in [0.1, 0.15) is 23.5 Å².